The van der Waals surface area contributed by atoms with Crippen LogP contribution in [0.3, 0.4) is 0 Å². The highest BCUT2D eigenvalue weighted by Gasteiger charge is 2.14. The number of hydrogen-bond acceptors (Lipinski definition) is 3. The Morgan fingerprint density at radius 1 is 1.50 bits per heavy atom. The van der Waals surface area contributed by atoms with Crippen LogP contribution in [0.15, 0.2) is 18.2 Å². The van der Waals surface area contributed by atoms with Gasteiger partial charge in [0.2, 0.25) is 0 Å². The molecule has 1 unspecified atom stereocenters. The minimum atomic E-state index is -0.439. The van der Waals surface area contributed by atoms with Gasteiger partial charge in [0.1, 0.15) is 5.75 Å². The van der Waals surface area contributed by atoms with E-state index in [9.17, 15) is 5.11 Å². The van der Waals surface area contributed by atoms with Crippen LogP contribution >= 0.6 is 0 Å². The van der Waals surface area contributed by atoms with Crippen LogP contribution in [0.1, 0.15) is 23.7 Å². The zero-order chi connectivity index (χ0) is 9.97. The van der Waals surface area contributed by atoms with E-state index in [-0.39, 0.29) is 0 Å². The molecule has 3 N–H and O–H groups in total. The minimum absolute atomic E-state index is 0.439. The van der Waals surface area contributed by atoms with Crippen LogP contribution in [-0.4, -0.2) is 18.3 Å². The first kappa shape index (κ1) is 9.49. The van der Waals surface area contributed by atoms with Crippen molar-refractivity contribution < 1.29 is 9.84 Å². The van der Waals surface area contributed by atoms with Crippen molar-refractivity contribution in [3.63, 3.8) is 0 Å². The summed E-state index contributed by atoms with van der Waals surface area (Å²) in [5, 5.41) is 9.73. The third-order valence-electron chi connectivity index (χ3n) is 2.54. The third-order valence-corrected chi connectivity index (χ3v) is 2.54. The molecule has 1 aromatic carbocycles. The van der Waals surface area contributed by atoms with Crippen LogP contribution in [0.4, 0.5) is 0 Å². The summed E-state index contributed by atoms with van der Waals surface area (Å²) in [6, 6.07) is 5.85. The van der Waals surface area contributed by atoms with E-state index in [0.29, 0.717) is 13.0 Å². The van der Waals surface area contributed by atoms with Crippen LogP contribution in [0.5, 0.6) is 5.75 Å². The van der Waals surface area contributed by atoms with E-state index in [1.807, 2.05) is 18.2 Å². The molecule has 0 saturated carbocycles. The van der Waals surface area contributed by atoms with Gasteiger partial charge in [0.05, 0.1) is 12.7 Å². The van der Waals surface area contributed by atoms with E-state index < -0.39 is 6.10 Å². The summed E-state index contributed by atoms with van der Waals surface area (Å²) in [4.78, 5) is 0. The largest absolute Gasteiger partial charge is 0.493 e. The molecule has 0 bridgehead atoms. The fourth-order valence-corrected chi connectivity index (χ4v) is 1.74. The van der Waals surface area contributed by atoms with Crippen molar-refractivity contribution in [1.82, 2.24) is 0 Å². The first-order chi connectivity index (χ1) is 6.81. The summed E-state index contributed by atoms with van der Waals surface area (Å²) >= 11 is 0. The number of benzene rings is 1. The van der Waals surface area contributed by atoms with Gasteiger partial charge < -0.3 is 15.6 Å². The van der Waals surface area contributed by atoms with Gasteiger partial charge in [-0.15, -0.1) is 0 Å². The molecule has 1 aliphatic heterocycles. The van der Waals surface area contributed by atoms with E-state index in [2.05, 4.69) is 0 Å². The monoisotopic (exact) mass is 193 g/mol. The third kappa shape index (κ3) is 1.74. The number of ether oxygens (including phenoxy) is 1. The summed E-state index contributed by atoms with van der Waals surface area (Å²) in [7, 11) is 0. The first-order valence-corrected chi connectivity index (χ1v) is 4.95. The second-order valence-electron chi connectivity index (χ2n) is 3.56. The first-order valence-electron chi connectivity index (χ1n) is 4.95. The molecule has 3 heteroatoms. The van der Waals surface area contributed by atoms with Crippen molar-refractivity contribution in [2.75, 3.05) is 13.2 Å². The normalized spacial score (nSPS) is 16.1. The lowest BCUT2D eigenvalue weighted by Gasteiger charge is -2.10. The highest BCUT2D eigenvalue weighted by Crippen LogP contribution is 2.28. The number of fused-ring (bicyclic) bond motifs is 1. The molecule has 1 heterocycles. The number of hydrogen-bond donors (Lipinski definition) is 2. The van der Waals surface area contributed by atoms with Crippen molar-refractivity contribution in [2.45, 2.75) is 18.9 Å². The van der Waals surface area contributed by atoms with Crippen molar-refractivity contribution in [1.29, 1.82) is 0 Å². The lowest BCUT2D eigenvalue weighted by Crippen LogP contribution is -2.06. The van der Waals surface area contributed by atoms with Crippen molar-refractivity contribution in [3.8, 4) is 5.75 Å². The number of nitrogens with two attached hydrogens (primary N) is 1. The lowest BCUT2D eigenvalue weighted by atomic mass is 10.0. The molecular formula is C11H15NO2. The van der Waals surface area contributed by atoms with Gasteiger partial charge in [-0.3, -0.25) is 0 Å². The van der Waals surface area contributed by atoms with Gasteiger partial charge in [0.25, 0.3) is 0 Å². The molecule has 14 heavy (non-hydrogen) atoms. The maximum atomic E-state index is 9.73. The molecule has 0 aromatic heterocycles. The van der Waals surface area contributed by atoms with Crippen molar-refractivity contribution in [2.24, 2.45) is 5.73 Å². The van der Waals surface area contributed by atoms with Gasteiger partial charge in [-0.2, -0.15) is 0 Å². The minimum Gasteiger partial charge on any atom is -0.493 e. The molecule has 76 valence electrons. The quantitative estimate of drug-likeness (QED) is 0.753. The number of aliphatic hydroxyl groups excluding tert-OH is 1. The van der Waals surface area contributed by atoms with E-state index in [1.165, 1.54) is 5.56 Å². The molecule has 1 aromatic rings. The van der Waals surface area contributed by atoms with Gasteiger partial charge >= 0.3 is 0 Å². The average molecular weight is 193 g/mol. The summed E-state index contributed by atoms with van der Waals surface area (Å²) in [5.74, 6) is 0.952. The van der Waals surface area contributed by atoms with Crippen LogP contribution in [0.2, 0.25) is 0 Å². The van der Waals surface area contributed by atoms with E-state index >= 15 is 0 Å². The summed E-state index contributed by atoms with van der Waals surface area (Å²) in [5.41, 5.74) is 7.53. The standard InChI is InChI=1S/C11H15NO2/c12-5-3-10(13)8-1-2-11-9(7-8)4-6-14-11/h1-2,7,10,13H,3-6,12H2. The van der Waals surface area contributed by atoms with Gasteiger partial charge in [0, 0.05) is 6.42 Å². The Labute approximate surface area is 83.5 Å². The van der Waals surface area contributed by atoms with Gasteiger partial charge in [-0.25, -0.2) is 0 Å². The van der Waals surface area contributed by atoms with E-state index in [0.717, 1.165) is 24.3 Å². The van der Waals surface area contributed by atoms with Crippen LogP contribution in [0.25, 0.3) is 0 Å². The average Bonchev–Trinajstić information content (AvgIpc) is 2.64. The summed E-state index contributed by atoms with van der Waals surface area (Å²) in [6.45, 7) is 1.26. The Morgan fingerprint density at radius 2 is 2.36 bits per heavy atom. The SMILES string of the molecule is NCCC(O)c1ccc2c(c1)CCO2. The molecule has 0 fully saturated rings. The Balaban J connectivity index is 2.19. The highest BCUT2D eigenvalue weighted by atomic mass is 16.5. The second kappa shape index (κ2) is 3.98. The van der Waals surface area contributed by atoms with Gasteiger partial charge in [0.15, 0.2) is 0 Å². The molecule has 1 atom stereocenters. The number of rotatable bonds is 3. The maximum absolute atomic E-state index is 9.73. The Bertz CT molecular complexity index is 325. The fourth-order valence-electron chi connectivity index (χ4n) is 1.74. The molecule has 0 amide bonds. The molecule has 2 rings (SSSR count). The van der Waals surface area contributed by atoms with Gasteiger partial charge in [-0.05, 0) is 36.2 Å². The molecular weight excluding hydrogens is 178 g/mol. The van der Waals surface area contributed by atoms with Gasteiger partial charge in [-0.1, -0.05) is 6.07 Å². The maximum Gasteiger partial charge on any atom is 0.122 e. The van der Waals surface area contributed by atoms with Crippen LogP contribution < -0.4 is 10.5 Å². The lowest BCUT2D eigenvalue weighted by molar-refractivity contribution is 0.170. The van der Waals surface area contributed by atoms with Crippen LogP contribution in [0, 0.1) is 0 Å². The molecule has 0 saturated heterocycles. The number of aliphatic hydroxyl groups is 1. The van der Waals surface area contributed by atoms with Crippen molar-refractivity contribution >= 4 is 0 Å². The molecule has 0 spiro atoms. The molecule has 0 radical (unpaired) electrons. The van der Waals surface area contributed by atoms with Crippen LogP contribution in [-0.2, 0) is 6.42 Å². The smallest absolute Gasteiger partial charge is 0.122 e. The second-order valence-corrected chi connectivity index (χ2v) is 3.56. The Morgan fingerprint density at radius 3 is 3.14 bits per heavy atom. The Kier molecular flexibility index (Phi) is 2.70. The molecule has 3 nitrogen and oxygen atoms in total. The van der Waals surface area contributed by atoms with E-state index in [4.69, 9.17) is 10.5 Å². The fraction of sp³-hybridized carbons (Fsp3) is 0.455. The Hall–Kier alpha value is -1.06. The summed E-state index contributed by atoms with van der Waals surface area (Å²) in [6.07, 6.45) is 1.11. The molecule has 0 aliphatic carbocycles. The van der Waals surface area contributed by atoms with Crippen molar-refractivity contribution in [3.05, 3.63) is 29.3 Å². The zero-order valence-electron chi connectivity index (χ0n) is 8.07. The highest BCUT2D eigenvalue weighted by molar-refractivity contribution is 5.40. The molecule has 1 aliphatic rings. The zero-order valence-corrected chi connectivity index (χ0v) is 8.07. The topological polar surface area (TPSA) is 55.5 Å². The predicted octanol–water partition coefficient (Wildman–Crippen LogP) is 1.00. The van der Waals surface area contributed by atoms with E-state index in [1.54, 1.807) is 0 Å². The predicted molar refractivity (Wildman–Crippen MR) is 54.3 cm³/mol. The summed E-state index contributed by atoms with van der Waals surface area (Å²) < 4.78 is 5.39.